The molecule has 3 rings (SSSR count). The van der Waals surface area contributed by atoms with Crippen LogP contribution in [0, 0.1) is 13.8 Å². The van der Waals surface area contributed by atoms with Crippen molar-refractivity contribution in [3.63, 3.8) is 0 Å². The van der Waals surface area contributed by atoms with Gasteiger partial charge < -0.3 is 10.2 Å². The number of nitrogens with zero attached hydrogens (tertiary/aromatic N) is 1. The minimum Gasteiger partial charge on any atom is -0.323 e. The van der Waals surface area contributed by atoms with Gasteiger partial charge in [0.2, 0.25) is 0 Å². The van der Waals surface area contributed by atoms with Crippen LogP contribution >= 0.6 is 11.3 Å². The molecule has 1 amide bonds. The van der Waals surface area contributed by atoms with Gasteiger partial charge in [-0.1, -0.05) is 18.2 Å². The highest BCUT2D eigenvalue weighted by molar-refractivity contribution is 7.91. The van der Waals surface area contributed by atoms with Crippen LogP contribution < -0.4 is 10.2 Å². The highest BCUT2D eigenvalue weighted by Crippen LogP contribution is 2.20. The molecule has 2 N–H and O–H groups in total. The number of sulfonamides is 1. The summed E-state index contributed by atoms with van der Waals surface area (Å²) in [5, 5.41) is 4.79. The number of rotatable bonds is 5. The first-order valence-electron chi connectivity index (χ1n) is 9.05. The van der Waals surface area contributed by atoms with Crippen LogP contribution in [0.5, 0.6) is 0 Å². The average molecular weight is 409 g/mol. The number of carbonyl (C=O) groups excluding carboxylic acids is 1. The maximum absolute atomic E-state index is 12.7. The van der Waals surface area contributed by atoms with E-state index in [0.29, 0.717) is 30.4 Å². The molecule has 2 heterocycles. The molecular formula is C19H26N3O3S2+. The third-order valence-corrected chi connectivity index (χ3v) is 8.38. The van der Waals surface area contributed by atoms with E-state index in [2.05, 4.69) is 5.32 Å². The molecule has 146 valence electrons. The SMILES string of the molecule is Cc1ccc(C)c(NC(=O)[C@H](C)[NH+]2CCN(S(=O)(=O)c3cccs3)CC2)c1. The van der Waals surface area contributed by atoms with Crippen molar-refractivity contribution in [2.24, 2.45) is 0 Å². The van der Waals surface area contributed by atoms with E-state index in [0.717, 1.165) is 21.7 Å². The summed E-state index contributed by atoms with van der Waals surface area (Å²) in [4.78, 5) is 13.8. The maximum Gasteiger partial charge on any atom is 0.282 e. The van der Waals surface area contributed by atoms with E-state index in [1.165, 1.54) is 15.6 Å². The van der Waals surface area contributed by atoms with Crippen molar-refractivity contribution >= 4 is 33.0 Å². The number of thiophene rings is 1. The Kier molecular flexibility index (Phi) is 6.00. The van der Waals surface area contributed by atoms with Gasteiger partial charge in [-0.25, -0.2) is 8.42 Å². The molecule has 1 aliphatic heterocycles. The molecule has 1 aliphatic rings. The molecule has 1 fully saturated rings. The molecule has 0 spiro atoms. The number of carbonyl (C=O) groups is 1. The summed E-state index contributed by atoms with van der Waals surface area (Å²) in [7, 11) is -3.41. The summed E-state index contributed by atoms with van der Waals surface area (Å²) < 4.78 is 27.1. The standard InChI is InChI=1S/C19H25N3O3S2/c1-14-6-7-15(2)17(13-14)20-19(23)16(3)21-8-10-22(11-9-21)27(24,25)18-5-4-12-26-18/h4-7,12-13,16H,8-11H2,1-3H3,(H,20,23)/p+1/t16-/m0/s1. The van der Waals surface area contributed by atoms with Crippen molar-refractivity contribution in [1.82, 2.24) is 4.31 Å². The zero-order chi connectivity index (χ0) is 19.6. The van der Waals surface area contributed by atoms with Crippen LogP contribution in [0.2, 0.25) is 0 Å². The largest absolute Gasteiger partial charge is 0.323 e. The quantitative estimate of drug-likeness (QED) is 0.783. The molecule has 6 nitrogen and oxygen atoms in total. The Hall–Kier alpha value is -1.74. The van der Waals surface area contributed by atoms with Gasteiger partial charge in [-0.15, -0.1) is 11.3 Å². The van der Waals surface area contributed by atoms with Crippen LogP contribution in [0.25, 0.3) is 0 Å². The second-order valence-corrected chi connectivity index (χ2v) is 10.1. The summed E-state index contributed by atoms with van der Waals surface area (Å²) in [6.45, 7) is 7.96. The molecule has 1 aromatic carbocycles. The van der Waals surface area contributed by atoms with Gasteiger partial charge >= 0.3 is 0 Å². The lowest BCUT2D eigenvalue weighted by Crippen LogP contribution is -3.19. The summed E-state index contributed by atoms with van der Waals surface area (Å²) in [5.41, 5.74) is 2.97. The van der Waals surface area contributed by atoms with E-state index in [9.17, 15) is 13.2 Å². The Balaban J connectivity index is 1.60. The van der Waals surface area contributed by atoms with Crippen molar-refractivity contribution in [2.45, 2.75) is 31.0 Å². The fraction of sp³-hybridized carbons (Fsp3) is 0.421. The van der Waals surface area contributed by atoms with E-state index in [-0.39, 0.29) is 11.9 Å². The van der Waals surface area contributed by atoms with Gasteiger partial charge in [0.15, 0.2) is 6.04 Å². The molecule has 8 heteroatoms. The number of anilines is 1. The zero-order valence-corrected chi connectivity index (χ0v) is 17.5. The summed E-state index contributed by atoms with van der Waals surface area (Å²) in [6.07, 6.45) is 0. The molecular weight excluding hydrogens is 382 g/mol. The van der Waals surface area contributed by atoms with Crippen molar-refractivity contribution in [2.75, 3.05) is 31.5 Å². The molecule has 0 radical (unpaired) electrons. The van der Waals surface area contributed by atoms with Crippen molar-refractivity contribution in [3.05, 3.63) is 46.8 Å². The van der Waals surface area contributed by atoms with Crippen LogP contribution in [0.15, 0.2) is 39.9 Å². The molecule has 1 aromatic heterocycles. The van der Waals surface area contributed by atoms with Crippen molar-refractivity contribution in [1.29, 1.82) is 0 Å². The Labute approximate surface area is 164 Å². The van der Waals surface area contributed by atoms with E-state index < -0.39 is 10.0 Å². The van der Waals surface area contributed by atoms with Gasteiger partial charge in [-0.05, 0) is 49.4 Å². The highest BCUT2D eigenvalue weighted by Gasteiger charge is 2.34. The molecule has 0 unspecified atom stereocenters. The molecule has 0 aliphatic carbocycles. The van der Waals surface area contributed by atoms with Crippen LogP contribution in [-0.2, 0) is 14.8 Å². The maximum atomic E-state index is 12.7. The number of benzene rings is 1. The molecule has 27 heavy (non-hydrogen) atoms. The van der Waals surface area contributed by atoms with Gasteiger partial charge in [0.25, 0.3) is 15.9 Å². The predicted molar refractivity (Wildman–Crippen MR) is 108 cm³/mol. The highest BCUT2D eigenvalue weighted by atomic mass is 32.2. The van der Waals surface area contributed by atoms with Crippen LogP contribution in [0.4, 0.5) is 5.69 Å². The van der Waals surface area contributed by atoms with E-state index in [4.69, 9.17) is 0 Å². The third-order valence-electron chi connectivity index (χ3n) is 5.11. The Morgan fingerprint density at radius 3 is 2.56 bits per heavy atom. The predicted octanol–water partition coefficient (Wildman–Crippen LogP) is 1.28. The van der Waals surface area contributed by atoms with Crippen molar-refractivity contribution < 1.29 is 18.1 Å². The topological polar surface area (TPSA) is 70.9 Å². The van der Waals surface area contributed by atoms with E-state index in [1.54, 1.807) is 17.5 Å². The third kappa shape index (κ3) is 4.40. The van der Waals surface area contributed by atoms with Gasteiger partial charge in [0.05, 0.1) is 26.2 Å². The first-order valence-corrected chi connectivity index (χ1v) is 11.4. The fourth-order valence-corrected chi connectivity index (χ4v) is 5.87. The first kappa shape index (κ1) is 20.0. The van der Waals surface area contributed by atoms with E-state index in [1.807, 2.05) is 39.0 Å². The molecule has 2 aromatic rings. The normalized spacial score (nSPS) is 17.6. The smallest absolute Gasteiger partial charge is 0.282 e. The number of amides is 1. The summed E-state index contributed by atoms with van der Waals surface area (Å²) in [6, 6.07) is 9.14. The second kappa shape index (κ2) is 8.10. The second-order valence-electron chi connectivity index (χ2n) is 7.02. The molecule has 1 saturated heterocycles. The van der Waals surface area contributed by atoms with Gasteiger partial charge in [-0.2, -0.15) is 4.31 Å². The van der Waals surface area contributed by atoms with Crippen LogP contribution in [0.3, 0.4) is 0 Å². The van der Waals surface area contributed by atoms with Gasteiger partial charge in [-0.3, -0.25) is 4.79 Å². The van der Waals surface area contributed by atoms with Crippen molar-refractivity contribution in [3.8, 4) is 0 Å². The number of aryl methyl sites for hydroxylation is 2. The van der Waals surface area contributed by atoms with E-state index >= 15 is 0 Å². The van der Waals surface area contributed by atoms with Crippen LogP contribution in [0.1, 0.15) is 18.1 Å². The Morgan fingerprint density at radius 1 is 1.22 bits per heavy atom. The Morgan fingerprint density at radius 2 is 1.93 bits per heavy atom. The lowest BCUT2D eigenvalue weighted by Gasteiger charge is -2.34. The Bertz CT molecular complexity index is 902. The summed E-state index contributed by atoms with van der Waals surface area (Å²) in [5.74, 6) is -0.0340. The zero-order valence-electron chi connectivity index (χ0n) is 15.9. The number of hydrogen-bond donors (Lipinski definition) is 2. The summed E-state index contributed by atoms with van der Waals surface area (Å²) >= 11 is 1.24. The molecule has 0 bridgehead atoms. The minimum atomic E-state index is -3.41. The number of nitrogens with one attached hydrogen (secondary N) is 2. The average Bonchev–Trinajstić information content (AvgIpc) is 3.20. The first-order chi connectivity index (χ1) is 12.8. The van der Waals surface area contributed by atoms with Crippen LogP contribution in [-0.4, -0.2) is 50.9 Å². The monoisotopic (exact) mass is 408 g/mol. The fourth-order valence-electron chi connectivity index (χ4n) is 3.28. The molecule has 1 atom stereocenters. The minimum absolute atomic E-state index is 0.0340. The number of piperazine rings is 1. The lowest BCUT2D eigenvalue weighted by atomic mass is 10.1. The number of hydrogen-bond acceptors (Lipinski definition) is 4. The lowest BCUT2D eigenvalue weighted by molar-refractivity contribution is -0.917. The van der Waals surface area contributed by atoms with Gasteiger partial charge in [0.1, 0.15) is 4.21 Å². The molecule has 0 saturated carbocycles. The van der Waals surface area contributed by atoms with Gasteiger partial charge in [0, 0.05) is 5.69 Å². The number of quaternary nitrogens is 1.